The third kappa shape index (κ3) is 3.96. The first-order chi connectivity index (χ1) is 9.16. The summed E-state index contributed by atoms with van der Waals surface area (Å²) in [7, 11) is 0. The SMILES string of the molecule is Cc1ccc(C)c(OCCNC(=O)C2CCCO2)c1. The molecule has 1 N–H and O–H groups in total. The minimum atomic E-state index is -0.263. The molecule has 1 aliphatic rings. The van der Waals surface area contributed by atoms with Gasteiger partial charge in [0.15, 0.2) is 0 Å². The number of ether oxygens (including phenoxy) is 2. The highest BCUT2D eigenvalue weighted by Gasteiger charge is 2.22. The van der Waals surface area contributed by atoms with Gasteiger partial charge in [-0.1, -0.05) is 12.1 Å². The Hall–Kier alpha value is -1.55. The van der Waals surface area contributed by atoms with Crippen LogP contribution in [-0.2, 0) is 9.53 Å². The van der Waals surface area contributed by atoms with E-state index in [4.69, 9.17) is 9.47 Å². The summed E-state index contributed by atoms with van der Waals surface area (Å²) in [4.78, 5) is 11.7. The molecule has 0 saturated carbocycles. The standard InChI is InChI=1S/C15H21NO3/c1-11-5-6-12(2)14(10-11)19-9-7-16-15(17)13-4-3-8-18-13/h5-6,10,13H,3-4,7-9H2,1-2H3,(H,16,17). The molecular formula is C15H21NO3. The summed E-state index contributed by atoms with van der Waals surface area (Å²) < 4.78 is 11.0. The van der Waals surface area contributed by atoms with Gasteiger partial charge in [-0.25, -0.2) is 0 Å². The lowest BCUT2D eigenvalue weighted by molar-refractivity contribution is -0.130. The van der Waals surface area contributed by atoms with Crippen molar-refractivity contribution >= 4 is 5.91 Å². The normalized spacial score (nSPS) is 18.3. The number of nitrogens with one attached hydrogen (secondary N) is 1. The molecule has 1 saturated heterocycles. The Bertz CT molecular complexity index is 439. The van der Waals surface area contributed by atoms with Crippen molar-refractivity contribution in [1.82, 2.24) is 5.32 Å². The Morgan fingerprint density at radius 2 is 2.32 bits per heavy atom. The van der Waals surface area contributed by atoms with E-state index >= 15 is 0 Å². The van der Waals surface area contributed by atoms with Crippen LogP contribution in [0.4, 0.5) is 0 Å². The van der Waals surface area contributed by atoms with Gasteiger partial charge in [0.1, 0.15) is 18.5 Å². The topological polar surface area (TPSA) is 47.6 Å². The fraction of sp³-hybridized carbons (Fsp3) is 0.533. The fourth-order valence-corrected chi connectivity index (χ4v) is 2.10. The van der Waals surface area contributed by atoms with Crippen molar-refractivity contribution in [1.29, 1.82) is 0 Å². The molecule has 1 amide bonds. The number of aryl methyl sites for hydroxylation is 2. The molecular weight excluding hydrogens is 242 g/mol. The second kappa shape index (κ2) is 6.57. The second-order valence-electron chi connectivity index (χ2n) is 4.91. The lowest BCUT2D eigenvalue weighted by Crippen LogP contribution is -2.36. The van der Waals surface area contributed by atoms with E-state index < -0.39 is 0 Å². The summed E-state index contributed by atoms with van der Waals surface area (Å²) in [5.74, 6) is 0.855. The maximum Gasteiger partial charge on any atom is 0.249 e. The van der Waals surface area contributed by atoms with Gasteiger partial charge >= 0.3 is 0 Å². The molecule has 0 spiro atoms. The Morgan fingerprint density at radius 3 is 3.05 bits per heavy atom. The maximum atomic E-state index is 11.7. The van der Waals surface area contributed by atoms with Crippen LogP contribution in [0.5, 0.6) is 5.75 Å². The summed E-state index contributed by atoms with van der Waals surface area (Å²) in [6, 6.07) is 6.11. The van der Waals surface area contributed by atoms with Gasteiger partial charge in [0.25, 0.3) is 0 Å². The molecule has 0 bridgehead atoms. The van der Waals surface area contributed by atoms with Crippen LogP contribution in [0, 0.1) is 13.8 Å². The third-order valence-electron chi connectivity index (χ3n) is 3.22. The summed E-state index contributed by atoms with van der Waals surface area (Å²) in [6.45, 7) is 5.72. The molecule has 19 heavy (non-hydrogen) atoms. The quantitative estimate of drug-likeness (QED) is 0.826. The summed E-state index contributed by atoms with van der Waals surface area (Å²) >= 11 is 0. The van der Waals surface area contributed by atoms with Crippen LogP contribution in [0.3, 0.4) is 0 Å². The number of carbonyl (C=O) groups excluding carboxylic acids is 1. The molecule has 1 aromatic carbocycles. The van der Waals surface area contributed by atoms with Crippen LogP contribution >= 0.6 is 0 Å². The molecule has 4 nitrogen and oxygen atoms in total. The Labute approximate surface area is 114 Å². The van der Waals surface area contributed by atoms with Gasteiger partial charge in [-0.3, -0.25) is 4.79 Å². The lowest BCUT2D eigenvalue weighted by atomic mass is 10.1. The van der Waals surface area contributed by atoms with Gasteiger partial charge in [-0.05, 0) is 43.9 Å². The molecule has 1 aliphatic heterocycles. The highest BCUT2D eigenvalue weighted by molar-refractivity contribution is 5.80. The van der Waals surface area contributed by atoms with E-state index in [1.165, 1.54) is 5.56 Å². The zero-order valence-corrected chi connectivity index (χ0v) is 11.6. The fourth-order valence-electron chi connectivity index (χ4n) is 2.10. The van der Waals surface area contributed by atoms with E-state index in [-0.39, 0.29) is 12.0 Å². The molecule has 0 radical (unpaired) electrons. The first kappa shape index (κ1) is 13.9. The zero-order chi connectivity index (χ0) is 13.7. The van der Waals surface area contributed by atoms with Crippen LogP contribution in [0.25, 0.3) is 0 Å². The van der Waals surface area contributed by atoms with Gasteiger partial charge in [-0.15, -0.1) is 0 Å². The summed E-state index contributed by atoms with van der Waals surface area (Å²) in [6.07, 6.45) is 1.53. The minimum Gasteiger partial charge on any atom is -0.491 e. The Morgan fingerprint density at radius 1 is 1.47 bits per heavy atom. The molecule has 0 aromatic heterocycles. The van der Waals surface area contributed by atoms with E-state index in [1.54, 1.807) is 0 Å². The molecule has 1 heterocycles. The number of hydrogen-bond donors (Lipinski definition) is 1. The van der Waals surface area contributed by atoms with Crippen molar-refractivity contribution < 1.29 is 14.3 Å². The van der Waals surface area contributed by atoms with Crippen molar-refractivity contribution in [2.75, 3.05) is 19.8 Å². The molecule has 1 aromatic rings. The lowest BCUT2D eigenvalue weighted by Gasteiger charge is -2.12. The number of carbonyl (C=O) groups is 1. The van der Waals surface area contributed by atoms with E-state index in [0.717, 1.165) is 24.2 Å². The highest BCUT2D eigenvalue weighted by atomic mass is 16.5. The molecule has 1 unspecified atom stereocenters. The average Bonchev–Trinajstić information content (AvgIpc) is 2.92. The van der Waals surface area contributed by atoms with Crippen LogP contribution in [0.15, 0.2) is 18.2 Å². The molecule has 0 aliphatic carbocycles. The zero-order valence-electron chi connectivity index (χ0n) is 11.6. The highest BCUT2D eigenvalue weighted by Crippen LogP contribution is 2.18. The maximum absolute atomic E-state index is 11.7. The molecule has 4 heteroatoms. The van der Waals surface area contributed by atoms with Gasteiger partial charge < -0.3 is 14.8 Å². The second-order valence-corrected chi connectivity index (χ2v) is 4.91. The summed E-state index contributed by atoms with van der Waals surface area (Å²) in [5, 5.41) is 2.84. The van der Waals surface area contributed by atoms with E-state index in [2.05, 4.69) is 11.4 Å². The molecule has 2 rings (SSSR count). The number of amides is 1. The van der Waals surface area contributed by atoms with Gasteiger partial charge in [0.2, 0.25) is 5.91 Å². The Balaban J connectivity index is 1.71. The van der Waals surface area contributed by atoms with E-state index in [9.17, 15) is 4.79 Å². The van der Waals surface area contributed by atoms with Crippen molar-refractivity contribution in [2.24, 2.45) is 0 Å². The average molecular weight is 263 g/mol. The van der Waals surface area contributed by atoms with Crippen molar-refractivity contribution in [3.8, 4) is 5.75 Å². The Kier molecular flexibility index (Phi) is 4.80. The number of benzene rings is 1. The van der Waals surface area contributed by atoms with Crippen molar-refractivity contribution in [2.45, 2.75) is 32.8 Å². The smallest absolute Gasteiger partial charge is 0.249 e. The minimum absolute atomic E-state index is 0.0259. The van der Waals surface area contributed by atoms with Crippen LogP contribution in [0.2, 0.25) is 0 Å². The van der Waals surface area contributed by atoms with E-state index in [0.29, 0.717) is 19.8 Å². The summed E-state index contributed by atoms with van der Waals surface area (Å²) in [5.41, 5.74) is 2.28. The molecule has 1 fully saturated rings. The van der Waals surface area contributed by atoms with Gasteiger partial charge in [0, 0.05) is 6.61 Å². The van der Waals surface area contributed by atoms with Crippen LogP contribution < -0.4 is 10.1 Å². The third-order valence-corrected chi connectivity index (χ3v) is 3.22. The van der Waals surface area contributed by atoms with E-state index in [1.807, 2.05) is 26.0 Å². The predicted molar refractivity (Wildman–Crippen MR) is 73.4 cm³/mol. The number of hydrogen-bond acceptors (Lipinski definition) is 3. The number of rotatable bonds is 5. The first-order valence-corrected chi connectivity index (χ1v) is 6.76. The van der Waals surface area contributed by atoms with Gasteiger partial charge in [-0.2, -0.15) is 0 Å². The first-order valence-electron chi connectivity index (χ1n) is 6.76. The predicted octanol–water partition coefficient (Wildman–Crippen LogP) is 1.98. The van der Waals surface area contributed by atoms with Crippen molar-refractivity contribution in [3.05, 3.63) is 29.3 Å². The van der Waals surface area contributed by atoms with Gasteiger partial charge in [0.05, 0.1) is 6.54 Å². The van der Waals surface area contributed by atoms with Crippen molar-refractivity contribution in [3.63, 3.8) is 0 Å². The van der Waals surface area contributed by atoms with Crippen LogP contribution in [0.1, 0.15) is 24.0 Å². The molecule has 104 valence electrons. The monoisotopic (exact) mass is 263 g/mol. The van der Waals surface area contributed by atoms with Crippen LogP contribution in [-0.4, -0.2) is 31.8 Å². The largest absolute Gasteiger partial charge is 0.491 e. The molecule has 1 atom stereocenters.